The van der Waals surface area contributed by atoms with Crippen LogP contribution in [0, 0.1) is 11.3 Å². The molecule has 13 heavy (non-hydrogen) atoms. The fourth-order valence-corrected chi connectivity index (χ4v) is 1.04. The maximum atomic E-state index is 10.9. The Morgan fingerprint density at radius 3 is 3.08 bits per heavy atom. The summed E-state index contributed by atoms with van der Waals surface area (Å²) in [6.45, 7) is 0. The third kappa shape index (κ3) is 2.35. The van der Waals surface area contributed by atoms with Crippen LogP contribution >= 0.6 is 11.5 Å². The van der Waals surface area contributed by atoms with Crippen LogP contribution in [0.25, 0.3) is 6.08 Å². The summed E-state index contributed by atoms with van der Waals surface area (Å²) in [6.07, 6.45) is 1.33. The summed E-state index contributed by atoms with van der Waals surface area (Å²) in [6, 6.07) is 1.71. The molecule has 0 unspecified atom stereocenters. The molecule has 1 heterocycles. The molecule has 66 valence electrons. The van der Waals surface area contributed by atoms with Crippen LogP contribution in [0.4, 0.5) is 0 Å². The summed E-state index contributed by atoms with van der Waals surface area (Å²) in [7, 11) is 1.22. The van der Waals surface area contributed by atoms with Crippen molar-refractivity contribution in [2.24, 2.45) is 0 Å². The van der Waals surface area contributed by atoms with Crippen molar-refractivity contribution in [3.05, 3.63) is 16.6 Å². The molecule has 5 nitrogen and oxygen atoms in total. The minimum atomic E-state index is -0.671. The van der Waals surface area contributed by atoms with E-state index in [1.54, 1.807) is 11.4 Å². The van der Waals surface area contributed by atoms with Gasteiger partial charge in [-0.3, -0.25) is 0 Å². The number of hydrogen-bond acceptors (Lipinski definition) is 6. The molecule has 0 aliphatic carbocycles. The zero-order chi connectivity index (χ0) is 9.68. The quantitative estimate of drug-likeness (QED) is 0.392. The summed E-state index contributed by atoms with van der Waals surface area (Å²) in [5.41, 5.74) is 0.391. The molecule has 1 aromatic rings. The van der Waals surface area contributed by atoms with Crippen molar-refractivity contribution in [3.63, 3.8) is 0 Å². The number of carbonyl (C=O) groups excluding carboxylic acids is 1. The first-order valence-corrected chi connectivity index (χ1v) is 4.08. The van der Waals surface area contributed by atoms with Gasteiger partial charge in [-0.25, -0.2) is 4.79 Å². The Labute approximate surface area is 78.4 Å². The molecule has 0 aromatic carbocycles. The van der Waals surface area contributed by atoms with Gasteiger partial charge in [-0.1, -0.05) is 4.49 Å². The van der Waals surface area contributed by atoms with Gasteiger partial charge in [-0.2, -0.15) is 5.26 Å². The Hall–Kier alpha value is -1.74. The van der Waals surface area contributed by atoms with E-state index in [1.165, 1.54) is 13.2 Å². The smallest absolute Gasteiger partial charge is 0.348 e. The molecule has 0 aliphatic rings. The van der Waals surface area contributed by atoms with Gasteiger partial charge >= 0.3 is 5.97 Å². The predicted octanol–water partition coefficient (Wildman–Crippen LogP) is 0.618. The van der Waals surface area contributed by atoms with E-state index >= 15 is 0 Å². The minimum Gasteiger partial charge on any atom is -0.465 e. The van der Waals surface area contributed by atoms with E-state index in [2.05, 4.69) is 14.3 Å². The minimum absolute atomic E-state index is 0.0878. The van der Waals surface area contributed by atoms with E-state index < -0.39 is 5.97 Å². The van der Waals surface area contributed by atoms with Crippen molar-refractivity contribution in [2.45, 2.75) is 0 Å². The maximum Gasteiger partial charge on any atom is 0.348 e. The Kier molecular flexibility index (Phi) is 3.11. The van der Waals surface area contributed by atoms with E-state index in [0.717, 1.165) is 11.5 Å². The van der Waals surface area contributed by atoms with Gasteiger partial charge in [-0.05, 0) is 17.6 Å². The SMILES string of the molecule is COC(=O)/C(C#N)=C\c1csnn1. The average Bonchev–Trinajstić information content (AvgIpc) is 2.65. The zero-order valence-electron chi connectivity index (χ0n) is 6.72. The highest BCUT2D eigenvalue weighted by Gasteiger charge is 2.08. The molecule has 0 saturated carbocycles. The average molecular weight is 195 g/mol. The van der Waals surface area contributed by atoms with Gasteiger partial charge in [0.05, 0.1) is 12.8 Å². The van der Waals surface area contributed by atoms with Crippen molar-refractivity contribution in [1.29, 1.82) is 5.26 Å². The molecule has 0 atom stereocenters. The summed E-state index contributed by atoms with van der Waals surface area (Å²) >= 11 is 1.14. The third-order valence-corrected chi connectivity index (χ3v) is 1.72. The van der Waals surface area contributed by atoms with E-state index in [4.69, 9.17) is 5.26 Å². The highest BCUT2D eigenvalue weighted by Crippen LogP contribution is 2.05. The van der Waals surface area contributed by atoms with E-state index in [0.29, 0.717) is 5.69 Å². The molecule has 0 amide bonds. The van der Waals surface area contributed by atoms with Crippen LogP contribution in [0.5, 0.6) is 0 Å². The summed E-state index contributed by atoms with van der Waals surface area (Å²) in [5, 5.41) is 13.8. The summed E-state index contributed by atoms with van der Waals surface area (Å²) < 4.78 is 7.96. The van der Waals surface area contributed by atoms with Crippen LogP contribution in [0.1, 0.15) is 5.69 Å². The number of methoxy groups -OCH3 is 1. The van der Waals surface area contributed by atoms with E-state index in [-0.39, 0.29) is 5.57 Å². The van der Waals surface area contributed by atoms with Crippen LogP contribution in [0.2, 0.25) is 0 Å². The highest BCUT2D eigenvalue weighted by molar-refractivity contribution is 7.03. The van der Waals surface area contributed by atoms with Crippen molar-refractivity contribution < 1.29 is 9.53 Å². The zero-order valence-corrected chi connectivity index (χ0v) is 7.54. The van der Waals surface area contributed by atoms with Gasteiger partial charge in [0, 0.05) is 5.38 Å². The first kappa shape index (κ1) is 9.35. The van der Waals surface area contributed by atoms with Crippen LogP contribution < -0.4 is 0 Å². The third-order valence-electron chi connectivity index (χ3n) is 1.19. The molecule has 0 bridgehead atoms. The number of hydrogen-bond donors (Lipinski definition) is 0. The summed E-state index contributed by atoms with van der Waals surface area (Å²) in [5.74, 6) is -0.671. The molecular formula is C7H5N3O2S. The van der Waals surface area contributed by atoms with Gasteiger partial charge in [-0.15, -0.1) is 5.10 Å². The molecule has 1 aromatic heterocycles. The molecule has 0 N–H and O–H groups in total. The second-order valence-corrected chi connectivity index (χ2v) is 2.60. The fraction of sp³-hybridized carbons (Fsp3) is 0.143. The number of rotatable bonds is 2. The van der Waals surface area contributed by atoms with Crippen LogP contribution in [0.3, 0.4) is 0 Å². The first-order chi connectivity index (χ1) is 6.27. The van der Waals surface area contributed by atoms with Crippen molar-refractivity contribution >= 4 is 23.6 Å². The number of ether oxygens (including phenoxy) is 1. The van der Waals surface area contributed by atoms with Gasteiger partial charge in [0.1, 0.15) is 11.6 Å². The fourth-order valence-electron chi connectivity index (χ4n) is 0.629. The molecule has 1 rings (SSSR count). The first-order valence-electron chi connectivity index (χ1n) is 3.25. The molecule has 6 heteroatoms. The van der Waals surface area contributed by atoms with Crippen molar-refractivity contribution in [3.8, 4) is 6.07 Å². The molecule has 0 aliphatic heterocycles. The Bertz CT molecular complexity index is 364. The Morgan fingerprint density at radius 2 is 2.62 bits per heavy atom. The van der Waals surface area contributed by atoms with Gasteiger partial charge < -0.3 is 4.74 Å². The van der Waals surface area contributed by atoms with Crippen LogP contribution in [-0.2, 0) is 9.53 Å². The maximum absolute atomic E-state index is 10.9. The molecule has 0 radical (unpaired) electrons. The normalized spacial score (nSPS) is 10.6. The standard InChI is InChI=1S/C7H5N3O2S/c1-12-7(11)5(3-8)2-6-4-13-10-9-6/h2,4H,1H3/b5-2-. The number of esters is 1. The second-order valence-electron chi connectivity index (χ2n) is 1.99. The van der Waals surface area contributed by atoms with Gasteiger partial charge in [0.15, 0.2) is 0 Å². The lowest BCUT2D eigenvalue weighted by molar-refractivity contribution is -0.135. The largest absolute Gasteiger partial charge is 0.465 e. The lowest BCUT2D eigenvalue weighted by Gasteiger charge is -1.93. The highest BCUT2D eigenvalue weighted by atomic mass is 32.1. The predicted molar refractivity (Wildman–Crippen MR) is 45.5 cm³/mol. The lowest BCUT2D eigenvalue weighted by Crippen LogP contribution is -2.02. The second kappa shape index (κ2) is 4.33. The number of aromatic nitrogens is 2. The van der Waals surface area contributed by atoms with Crippen LogP contribution in [0.15, 0.2) is 11.0 Å². The van der Waals surface area contributed by atoms with Crippen molar-refractivity contribution in [1.82, 2.24) is 9.59 Å². The number of carbonyl (C=O) groups is 1. The van der Waals surface area contributed by atoms with Gasteiger partial charge in [0.2, 0.25) is 0 Å². The lowest BCUT2D eigenvalue weighted by atomic mass is 10.2. The molecule has 0 fully saturated rings. The number of nitrogens with zero attached hydrogens (tertiary/aromatic N) is 3. The molecule has 0 saturated heterocycles. The van der Waals surface area contributed by atoms with Gasteiger partial charge in [0.25, 0.3) is 0 Å². The summed E-state index contributed by atoms with van der Waals surface area (Å²) in [4.78, 5) is 10.9. The Morgan fingerprint density at radius 1 is 1.85 bits per heavy atom. The van der Waals surface area contributed by atoms with E-state index in [1.807, 2.05) is 0 Å². The van der Waals surface area contributed by atoms with Crippen LogP contribution in [-0.4, -0.2) is 22.7 Å². The monoisotopic (exact) mass is 195 g/mol. The molecular weight excluding hydrogens is 190 g/mol. The Balaban J connectivity index is 2.91. The van der Waals surface area contributed by atoms with E-state index in [9.17, 15) is 4.79 Å². The molecule has 0 spiro atoms. The van der Waals surface area contributed by atoms with Crippen molar-refractivity contribution in [2.75, 3.05) is 7.11 Å². The number of nitriles is 1. The topological polar surface area (TPSA) is 75.9 Å².